The van der Waals surface area contributed by atoms with E-state index in [-0.39, 0.29) is 11.8 Å². The Balaban J connectivity index is 2.90. The Morgan fingerprint density at radius 3 is 2.86 bits per heavy atom. The molecule has 0 unspecified atom stereocenters. The van der Waals surface area contributed by atoms with Crippen LogP contribution in [0.3, 0.4) is 0 Å². The number of hydrogen-bond acceptors (Lipinski definition) is 1. The molecule has 0 atom stereocenters. The standard InChI is InChI=1S/C10H11BrClNO/c1-2-7-5-8(11)3-4-9(7)13-10(14)6-12/h3-5H,2,6H2,1H3,(H,13,14). The minimum Gasteiger partial charge on any atom is -0.325 e. The van der Waals surface area contributed by atoms with Gasteiger partial charge in [-0.3, -0.25) is 4.79 Å². The third-order valence-corrected chi connectivity index (χ3v) is 2.58. The van der Waals surface area contributed by atoms with Crippen LogP contribution in [0.15, 0.2) is 22.7 Å². The van der Waals surface area contributed by atoms with Crippen molar-refractivity contribution in [2.75, 3.05) is 11.2 Å². The van der Waals surface area contributed by atoms with E-state index in [1.165, 1.54) is 0 Å². The lowest BCUT2D eigenvalue weighted by atomic mass is 10.1. The zero-order valence-corrected chi connectivity index (χ0v) is 10.2. The molecular weight excluding hydrogens is 265 g/mol. The summed E-state index contributed by atoms with van der Waals surface area (Å²) in [6.45, 7) is 2.04. The second-order valence-electron chi connectivity index (χ2n) is 2.84. The Morgan fingerprint density at radius 2 is 2.29 bits per heavy atom. The monoisotopic (exact) mass is 275 g/mol. The van der Waals surface area contributed by atoms with Gasteiger partial charge in [-0.05, 0) is 30.2 Å². The van der Waals surface area contributed by atoms with Gasteiger partial charge in [-0.15, -0.1) is 11.6 Å². The highest BCUT2D eigenvalue weighted by Crippen LogP contribution is 2.21. The zero-order chi connectivity index (χ0) is 10.6. The highest BCUT2D eigenvalue weighted by molar-refractivity contribution is 9.10. The number of carbonyl (C=O) groups is 1. The summed E-state index contributed by atoms with van der Waals surface area (Å²) in [7, 11) is 0. The average molecular weight is 277 g/mol. The number of aryl methyl sites for hydroxylation is 1. The maximum atomic E-state index is 11.1. The summed E-state index contributed by atoms with van der Waals surface area (Å²) in [5, 5.41) is 2.75. The average Bonchev–Trinajstić information content (AvgIpc) is 2.20. The third kappa shape index (κ3) is 3.00. The van der Waals surface area contributed by atoms with Crippen molar-refractivity contribution in [2.24, 2.45) is 0 Å². The fraction of sp³-hybridized carbons (Fsp3) is 0.300. The van der Waals surface area contributed by atoms with Gasteiger partial charge in [0.1, 0.15) is 5.88 Å². The van der Waals surface area contributed by atoms with Crippen molar-refractivity contribution in [3.63, 3.8) is 0 Å². The predicted octanol–water partition coefficient (Wildman–Crippen LogP) is 3.19. The van der Waals surface area contributed by atoms with Crippen molar-refractivity contribution in [1.82, 2.24) is 0 Å². The molecule has 1 amide bonds. The number of hydrogen-bond donors (Lipinski definition) is 1. The van der Waals surface area contributed by atoms with E-state index in [1.807, 2.05) is 25.1 Å². The number of nitrogens with one attached hydrogen (secondary N) is 1. The van der Waals surface area contributed by atoms with Crippen LogP contribution in [0.1, 0.15) is 12.5 Å². The molecule has 0 spiro atoms. The second kappa shape index (κ2) is 5.37. The fourth-order valence-electron chi connectivity index (χ4n) is 1.16. The van der Waals surface area contributed by atoms with Gasteiger partial charge in [0.2, 0.25) is 5.91 Å². The molecule has 76 valence electrons. The minimum atomic E-state index is -0.177. The van der Waals surface area contributed by atoms with E-state index >= 15 is 0 Å². The topological polar surface area (TPSA) is 29.1 Å². The van der Waals surface area contributed by atoms with Gasteiger partial charge < -0.3 is 5.32 Å². The van der Waals surface area contributed by atoms with Gasteiger partial charge in [-0.1, -0.05) is 22.9 Å². The first-order valence-electron chi connectivity index (χ1n) is 4.31. The molecule has 0 saturated heterocycles. The molecule has 1 N–H and O–H groups in total. The van der Waals surface area contributed by atoms with Gasteiger partial charge in [-0.25, -0.2) is 0 Å². The van der Waals surface area contributed by atoms with Gasteiger partial charge in [-0.2, -0.15) is 0 Å². The predicted molar refractivity (Wildman–Crippen MR) is 62.9 cm³/mol. The molecule has 4 heteroatoms. The molecule has 0 radical (unpaired) electrons. The molecule has 0 aliphatic carbocycles. The summed E-state index contributed by atoms with van der Waals surface area (Å²) in [6, 6.07) is 5.75. The van der Waals surface area contributed by atoms with Crippen LogP contribution in [-0.4, -0.2) is 11.8 Å². The van der Waals surface area contributed by atoms with Crippen molar-refractivity contribution < 1.29 is 4.79 Å². The molecule has 1 aromatic carbocycles. The van der Waals surface area contributed by atoms with Gasteiger partial charge in [0.15, 0.2) is 0 Å². The molecular formula is C10H11BrClNO. The van der Waals surface area contributed by atoms with Crippen LogP contribution >= 0.6 is 27.5 Å². The minimum absolute atomic E-state index is 0.0147. The number of carbonyl (C=O) groups excluding carboxylic acids is 1. The molecule has 0 aliphatic rings. The summed E-state index contributed by atoms with van der Waals surface area (Å²) in [6.07, 6.45) is 0.872. The van der Waals surface area contributed by atoms with E-state index in [0.717, 1.165) is 22.1 Å². The maximum absolute atomic E-state index is 11.1. The summed E-state index contributed by atoms with van der Waals surface area (Å²) in [5.74, 6) is -0.192. The maximum Gasteiger partial charge on any atom is 0.239 e. The molecule has 0 aliphatic heterocycles. The summed E-state index contributed by atoms with van der Waals surface area (Å²) >= 11 is 8.79. The number of benzene rings is 1. The lowest BCUT2D eigenvalue weighted by Crippen LogP contribution is -2.13. The van der Waals surface area contributed by atoms with E-state index in [2.05, 4.69) is 21.2 Å². The Hall–Kier alpha value is -0.540. The summed E-state index contributed by atoms with van der Waals surface area (Å²) < 4.78 is 1.01. The highest BCUT2D eigenvalue weighted by Gasteiger charge is 2.04. The normalized spacial score (nSPS) is 9.93. The van der Waals surface area contributed by atoms with E-state index in [1.54, 1.807) is 0 Å². The summed E-state index contributed by atoms with van der Waals surface area (Å²) in [5.41, 5.74) is 1.93. The molecule has 14 heavy (non-hydrogen) atoms. The Labute approximate surface area is 96.8 Å². The van der Waals surface area contributed by atoms with Crippen LogP contribution in [-0.2, 0) is 11.2 Å². The smallest absolute Gasteiger partial charge is 0.239 e. The van der Waals surface area contributed by atoms with Crippen LogP contribution in [0.4, 0.5) is 5.69 Å². The van der Waals surface area contributed by atoms with Gasteiger partial charge in [0, 0.05) is 10.2 Å². The fourth-order valence-corrected chi connectivity index (χ4v) is 1.64. The van der Waals surface area contributed by atoms with Crippen molar-refractivity contribution >= 4 is 39.1 Å². The number of rotatable bonds is 3. The third-order valence-electron chi connectivity index (χ3n) is 1.84. The van der Waals surface area contributed by atoms with Crippen LogP contribution in [0.5, 0.6) is 0 Å². The largest absolute Gasteiger partial charge is 0.325 e. The number of alkyl halides is 1. The Morgan fingerprint density at radius 1 is 1.57 bits per heavy atom. The van der Waals surface area contributed by atoms with Gasteiger partial charge in [0.25, 0.3) is 0 Å². The van der Waals surface area contributed by atoms with Crippen LogP contribution in [0, 0.1) is 0 Å². The quantitative estimate of drug-likeness (QED) is 0.844. The van der Waals surface area contributed by atoms with E-state index < -0.39 is 0 Å². The second-order valence-corrected chi connectivity index (χ2v) is 4.02. The zero-order valence-electron chi connectivity index (χ0n) is 7.81. The highest BCUT2D eigenvalue weighted by atomic mass is 79.9. The Bertz CT molecular complexity index is 341. The Kier molecular flexibility index (Phi) is 4.42. The molecule has 0 aromatic heterocycles. The number of halogens is 2. The first-order valence-corrected chi connectivity index (χ1v) is 5.64. The van der Waals surface area contributed by atoms with Crippen LogP contribution in [0.2, 0.25) is 0 Å². The van der Waals surface area contributed by atoms with E-state index in [4.69, 9.17) is 11.6 Å². The van der Waals surface area contributed by atoms with Crippen molar-refractivity contribution in [3.8, 4) is 0 Å². The first-order chi connectivity index (χ1) is 6.67. The molecule has 1 rings (SSSR count). The van der Waals surface area contributed by atoms with Crippen molar-refractivity contribution in [3.05, 3.63) is 28.2 Å². The molecule has 1 aromatic rings. The van der Waals surface area contributed by atoms with Crippen LogP contribution < -0.4 is 5.32 Å². The van der Waals surface area contributed by atoms with Gasteiger partial charge in [0.05, 0.1) is 0 Å². The molecule has 2 nitrogen and oxygen atoms in total. The van der Waals surface area contributed by atoms with E-state index in [9.17, 15) is 4.79 Å². The molecule has 0 bridgehead atoms. The summed E-state index contributed by atoms with van der Waals surface area (Å²) in [4.78, 5) is 11.1. The lowest BCUT2D eigenvalue weighted by molar-refractivity contribution is -0.113. The number of amides is 1. The van der Waals surface area contributed by atoms with Crippen molar-refractivity contribution in [2.45, 2.75) is 13.3 Å². The molecule has 0 fully saturated rings. The molecule has 0 heterocycles. The van der Waals surface area contributed by atoms with Gasteiger partial charge >= 0.3 is 0 Å². The van der Waals surface area contributed by atoms with Crippen molar-refractivity contribution in [1.29, 1.82) is 0 Å². The van der Waals surface area contributed by atoms with E-state index in [0.29, 0.717) is 0 Å². The lowest BCUT2D eigenvalue weighted by Gasteiger charge is -2.08. The molecule has 0 saturated carbocycles. The van der Waals surface area contributed by atoms with Crippen LogP contribution in [0.25, 0.3) is 0 Å². The SMILES string of the molecule is CCc1cc(Br)ccc1NC(=O)CCl. The number of anilines is 1. The first kappa shape index (κ1) is 11.5.